The second-order valence-electron chi connectivity index (χ2n) is 2.49. The molecule has 0 unspecified atom stereocenters. The van der Waals surface area contributed by atoms with E-state index in [4.69, 9.17) is 20.4 Å². The predicted octanol–water partition coefficient (Wildman–Crippen LogP) is -6.80. The first kappa shape index (κ1) is 16.4. The molecule has 72 valence electrons. The Bertz CT molecular complexity index is 161. The van der Waals surface area contributed by atoms with Gasteiger partial charge in [0.2, 0.25) is 0 Å². The van der Waals surface area contributed by atoms with Gasteiger partial charge in [-0.05, 0) is 6.92 Å². The second-order valence-corrected chi connectivity index (χ2v) is 2.49. The Morgan fingerprint density at radius 2 is 1.54 bits per heavy atom. The summed E-state index contributed by atoms with van der Waals surface area (Å²) < 4.78 is 0. The fourth-order valence-electron chi connectivity index (χ4n) is 0.612. The number of hydrogen-bond donors (Lipinski definition) is 4. The van der Waals surface area contributed by atoms with E-state index in [1.54, 1.807) is 0 Å². The van der Waals surface area contributed by atoms with E-state index >= 15 is 0 Å². The van der Waals surface area contributed by atoms with Crippen LogP contribution in [0.2, 0.25) is 0 Å². The largest absolute Gasteiger partial charge is 1.00 e. The molecule has 0 aromatic carbocycles. The molecule has 6 nitrogen and oxygen atoms in total. The molecule has 4 N–H and O–H groups in total. The van der Waals surface area contributed by atoms with Crippen LogP contribution in [0.4, 0.5) is 0 Å². The summed E-state index contributed by atoms with van der Waals surface area (Å²) in [6.07, 6.45) is -7.18. The van der Waals surface area contributed by atoms with E-state index in [0.717, 1.165) is 6.92 Å². The molecule has 7 heteroatoms. The maximum atomic E-state index is 9.95. The molecule has 0 saturated carbocycles. The van der Waals surface area contributed by atoms with Gasteiger partial charge in [-0.25, -0.2) is 0 Å². The summed E-state index contributed by atoms with van der Waals surface area (Å²) in [5.41, 5.74) is 0. The Morgan fingerprint density at radius 3 is 1.77 bits per heavy atom. The van der Waals surface area contributed by atoms with Crippen LogP contribution in [0.1, 0.15) is 6.92 Å². The van der Waals surface area contributed by atoms with E-state index in [1.807, 2.05) is 0 Å². The first-order valence-corrected chi connectivity index (χ1v) is 3.31. The molecule has 0 amide bonds. The average Bonchev–Trinajstić information content (AvgIpc) is 2.00. The number of aliphatic hydroxyl groups is 4. The van der Waals surface area contributed by atoms with Gasteiger partial charge in [0.25, 0.3) is 0 Å². The number of carbonyl (C=O) groups excluding carboxylic acids is 1. The molecule has 0 aliphatic rings. The van der Waals surface area contributed by atoms with Gasteiger partial charge in [0.15, 0.2) is 0 Å². The summed E-state index contributed by atoms with van der Waals surface area (Å²) in [5, 5.41) is 45.0. The SMILES string of the molecule is C[C@H](O)[C@@H](O)[C@@H](O)[C@H](O)C(=O)[O-].[K+]. The summed E-state index contributed by atoms with van der Waals surface area (Å²) in [7, 11) is 0. The van der Waals surface area contributed by atoms with Crippen molar-refractivity contribution in [3.63, 3.8) is 0 Å². The van der Waals surface area contributed by atoms with Crippen LogP contribution in [0.15, 0.2) is 0 Å². The molecule has 0 rings (SSSR count). The van der Waals surface area contributed by atoms with Crippen molar-refractivity contribution in [3.8, 4) is 0 Å². The zero-order valence-electron chi connectivity index (χ0n) is 7.41. The van der Waals surface area contributed by atoms with Gasteiger partial charge in [0.05, 0.1) is 12.1 Å². The van der Waals surface area contributed by atoms with E-state index in [1.165, 1.54) is 0 Å². The molecule has 0 spiro atoms. The van der Waals surface area contributed by atoms with E-state index in [-0.39, 0.29) is 51.4 Å². The first-order chi connectivity index (χ1) is 5.37. The van der Waals surface area contributed by atoms with E-state index in [9.17, 15) is 9.90 Å². The molecule has 0 fully saturated rings. The van der Waals surface area contributed by atoms with Crippen molar-refractivity contribution in [1.29, 1.82) is 0 Å². The summed E-state index contributed by atoms with van der Waals surface area (Å²) in [4.78, 5) is 9.95. The first-order valence-electron chi connectivity index (χ1n) is 3.31. The Morgan fingerprint density at radius 1 is 1.15 bits per heavy atom. The standard InChI is InChI=1S/C6H12O6.K/c1-2(7)3(8)4(9)5(10)6(11)12;/h2-5,7-10H,1H3,(H,11,12);/q;+1/p-1/t2-,3+,4+,5-;/m0./s1. The topological polar surface area (TPSA) is 121 Å². The third-order valence-corrected chi connectivity index (χ3v) is 1.41. The van der Waals surface area contributed by atoms with Crippen LogP contribution >= 0.6 is 0 Å². The van der Waals surface area contributed by atoms with Crippen molar-refractivity contribution in [1.82, 2.24) is 0 Å². The third kappa shape index (κ3) is 5.40. The van der Waals surface area contributed by atoms with Crippen molar-refractivity contribution < 1.29 is 81.7 Å². The van der Waals surface area contributed by atoms with Crippen LogP contribution in [0.5, 0.6) is 0 Å². The van der Waals surface area contributed by atoms with Crippen molar-refractivity contribution in [2.24, 2.45) is 0 Å². The number of hydrogen-bond acceptors (Lipinski definition) is 6. The van der Waals surface area contributed by atoms with Crippen LogP contribution in [-0.4, -0.2) is 50.8 Å². The number of carbonyl (C=O) groups is 1. The fourth-order valence-corrected chi connectivity index (χ4v) is 0.612. The Balaban J connectivity index is 0. The summed E-state index contributed by atoms with van der Waals surface area (Å²) in [6.45, 7) is 1.15. The predicted molar refractivity (Wildman–Crippen MR) is 34.7 cm³/mol. The molecule has 0 radical (unpaired) electrons. The minimum absolute atomic E-state index is 0. The number of rotatable bonds is 4. The van der Waals surface area contributed by atoms with Crippen molar-refractivity contribution in [2.75, 3.05) is 0 Å². The molecule has 0 aliphatic heterocycles. The second kappa shape index (κ2) is 7.27. The Kier molecular flexibility index (Phi) is 9.15. The van der Waals surface area contributed by atoms with E-state index < -0.39 is 30.4 Å². The van der Waals surface area contributed by atoms with Crippen LogP contribution in [0.3, 0.4) is 0 Å². The van der Waals surface area contributed by atoms with Gasteiger partial charge in [0, 0.05) is 0 Å². The minimum atomic E-state index is -2.20. The monoisotopic (exact) mass is 218 g/mol. The molecule has 4 atom stereocenters. The molecule has 0 heterocycles. The smallest absolute Gasteiger partial charge is 0.547 e. The molecule has 0 bridgehead atoms. The van der Waals surface area contributed by atoms with Gasteiger partial charge in [-0.1, -0.05) is 0 Å². The molecule has 13 heavy (non-hydrogen) atoms. The van der Waals surface area contributed by atoms with Gasteiger partial charge >= 0.3 is 51.4 Å². The minimum Gasteiger partial charge on any atom is -0.547 e. The number of carboxylic acids is 1. The van der Waals surface area contributed by atoms with Crippen LogP contribution in [-0.2, 0) is 4.79 Å². The maximum Gasteiger partial charge on any atom is 1.00 e. The van der Waals surface area contributed by atoms with Crippen LogP contribution in [0, 0.1) is 0 Å². The Hall–Kier alpha value is 0.946. The maximum absolute atomic E-state index is 9.95. The molecule has 0 aromatic heterocycles. The molecule has 0 aromatic rings. The normalized spacial score (nSPS) is 19.5. The molecule has 0 saturated heterocycles. The number of aliphatic hydroxyl groups excluding tert-OH is 4. The molecule has 0 aliphatic carbocycles. The van der Waals surface area contributed by atoms with E-state index in [0.29, 0.717) is 0 Å². The van der Waals surface area contributed by atoms with Gasteiger partial charge < -0.3 is 30.3 Å². The number of aliphatic carboxylic acids is 1. The van der Waals surface area contributed by atoms with Gasteiger partial charge in [-0.2, -0.15) is 0 Å². The molecular weight excluding hydrogens is 207 g/mol. The average molecular weight is 218 g/mol. The van der Waals surface area contributed by atoms with E-state index in [2.05, 4.69) is 0 Å². The number of carboxylic acid groups (broad SMARTS) is 1. The third-order valence-electron chi connectivity index (χ3n) is 1.41. The summed E-state index contributed by atoms with van der Waals surface area (Å²) in [5.74, 6) is -1.90. The quantitative estimate of drug-likeness (QED) is 0.348. The van der Waals surface area contributed by atoms with Crippen molar-refractivity contribution >= 4 is 5.97 Å². The van der Waals surface area contributed by atoms with Gasteiger partial charge in [0.1, 0.15) is 18.3 Å². The van der Waals surface area contributed by atoms with Gasteiger partial charge in [-0.3, -0.25) is 0 Å². The Labute approximate surface area is 118 Å². The van der Waals surface area contributed by atoms with Crippen molar-refractivity contribution in [3.05, 3.63) is 0 Å². The zero-order chi connectivity index (χ0) is 9.89. The fraction of sp³-hybridized carbons (Fsp3) is 0.833. The zero-order valence-corrected chi connectivity index (χ0v) is 10.5. The van der Waals surface area contributed by atoms with Crippen LogP contribution in [0.25, 0.3) is 0 Å². The van der Waals surface area contributed by atoms with Gasteiger partial charge in [-0.15, -0.1) is 0 Å². The van der Waals surface area contributed by atoms with Crippen molar-refractivity contribution in [2.45, 2.75) is 31.3 Å². The summed E-state index contributed by atoms with van der Waals surface area (Å²) >= 11 is 0. The summed E-state index contributed by atoms with van der Waals surface area (Å²) in [6, 6.07) is 0. The van der Waals surface area contributed by atoms with Crippen LogP contribution < -0.4 is 56.5 Å². The molecular formula is C6H11KO6.